The number of hydrogen-bond acceptors (Lipinski definition) is 9. The van der Waals surface area contributed by atoms with E-state index in [1.807, 2.05) is 0 Å². The molecule has 1 unspecified atom stereocenters. The molecule has 0 aromatic heterocycles. The van der Waals surface area contributed by atoms with Gasteiger partial charge in [-0.2, -0.15) is 0 Å². The van der Waals surface area contributed by atoms with E-state index in [1.165, 1.54) is 30.3 Å². The molecule has 1 aliphatic rings. The SMILES string of the molecule is CC(=O)C(C(C)=O)(C(C)=O)[C@@H]1OC(C(=O)/C=C/c2ccc(O)cc2)[C@H](O)[C@H](O)[C@H]1O. The maximum absolute atomic E-state index is 12.6. The molecule has 1 saturated heterocycles. The van der Waals surface area contributed by atoms with Crippen LogP contribution in [-0.2, 0) is 23.9 Å². The van der Waals surface area contributed by atoms with Crippen LogP contribution in [0.2, 0.25) is 0 Å². The predicted molar refractivity (Wildman–Crippen MR) is 103 cm³/mol. The number of phenols is 1. The van der Waals surface area contributed by atoms with E-state index in [0.717, 1.165) is 26.8 Å². The second-order valence-electron chi connectivity index (χ2n) is 7.25. The van der Waals surface area contributed by atoms with Crippen LogP contribution in [0.25, 0.3) is 6.08 Å². The van der Waals surface area contributed by atoms with Gasteiger partial charge < -0.3 is 25.2 Å². The lowest BCUT2D eigenvalue weighted by molar-refractivity contribution is -0.237. The number of Topliss-reactive ketones (excluding diaryl/α,β-unsaturated/α-hetero) is 3. The van der Waals surface area contributed by atoms with Crippen LogP contribution < -0.4 is 0 Å². The molecule has 0 spiro atoms. The Morgan fingerprint density at radius 3 is 1.83 bits per heavy atom. The number of aliphatic hydroxyl groups excluding tert-OH is 3. The van der Waals surface area contributed by atoms with Gasteiger partial charge in [-0.05, 0) is 44.5 Å². The normalized spacial score (nSPS) is 27.1. The number of carbonyl (C=O) groups excluding carboxylic acids is 4. The third-order valence-corrected chi connectivity index (χ3v) is 5.32. The van der Waals surface area contributed by atoms with Crippen LogP contribution in [0.15, 0.2) is 30.3 Å². The summed E-state index contributed by atoms with van der Waals surface area (Å²) in [7, 11) is 0. The van der Waals surface area contributed by atoms with E-state index >= 15 is 0 Å². The quantitative estimate of drug-likeness (QED) is 0.339. The lowest BCUT2D eigenvalue weighted by Crippen LogP contribution is -2.68. The Bertz CT molecular complexity index is 835. The number of phenolic OH excluding ortho intramolecular Hbond substituents is 1. The summed E-state index contributed by atoms with van der Waals surface area (Å²) in [6.07, 6.45) is -6.98. The lowest BCUT2D eigenvalue weighted by Gasteiger charge is -2.45. The minimum Gasteiger partial charge on any atom is -0.508 e. The average molecular weight is 420 g/mol. The van der Waals surface area contributed by atoms with Gasteiger partial charge >= 0.3 is 0 Å². The van der Waals surface area contributed by atoms with Gasteiger partial charge in [0.15, 0.2) is 28.5 Å². The summed E-state index contributed by atoms with van der Waals surface area (Å²) in [5.41, 5.74) is -1.89. The van der Waals surface area contributed by atoms with Crippen molar-refractivity contribution >= 4 is 29.2 Å². The number of rotatable bonds is 7. The molecule has 4 N–H and O–H groups in total. The van der Waals surface area contributed by atoms with Crippen LogP contribution in [0.1, 0.15) is 26.3 Å². The van der Waals surface area contributed by atoms with Crippen molar-refractivity contribution in [2.75, 3.05) is 0 Å². The Balaban J connectivity index is 2.41. The molecule has 30 heavy (non-hydrogen) atoms. The monoisotopic (exact) mass is 420 g/mol. The molecular formula is C21H24O9. The molecule has 9 heteroatoms. The van der Waals surface area contributed by atoms with Crippen LogP contribution in [-0.4, -0.2) is 74.1 Å². The summed E-state index contributed by atoms with van der Waals surface area (Å²) in [5.74, 6) is -3.54. The maximum atomic E-state index is 12.6. The number of benzene rings is 1. The molecule has 1 aromatic rings. The number of aromatic hydroxyl groups is 1. The van der Waals surface area contributed by atoms with Crippen LogP contribution >= 0.6 is 0 Å². The smallest absolute Gasteiger partial charge is 0.187 e. The fraction of sp³-hybridized carbons (Fsp3) is 0.429. The van der Waals surface area contributed by atoms with Gasteiger partial charge in [-0.3, -0.25) is 19.2 Å². The van der Waals surface area contributed by atoms with E-state index in [0.29, 0.717) is 5.56 Å². The third kappa shape index (κ3) is 4.10. The molecule has 5 atom stereocenters. The zero-order valence-corrected chi connectivity index (χ0v) is 16.7. The lowest BCUT2D eigenvalue weighted by atomic mass is 9.68. The van der Waals surface area contributed by atoms with Crippen molar-refractivity contribution in [3.63, 3.8) is 0 Å². The Morgan fingerprint density at radius 2 is 1.37 bits per heavy atom. The van der Waals surface area contributed by atoms with Crippen molar-refractivity contribution in [1.82, 2.24) is 0 Å². The molecule has 1 aromatic carbocycles. The standard InChI is InChI=1S/C21H24O9/c1-10(22)21(11(2)23,12(3)24)20-18(29)16(27)17(28)19(30-20)15(26)9-6-13-4-7-14(25)8-5-13/h4-9,16-20,25,27-29H,1-3H3/b9-6+/t16-,17+,18+,19?,20+/m0/s1. The highest BCUT2D eigenvalue weighted by Gasteiger charge is 2.61. The van der Waals surface area contributed by atoms with Gasteiger partial charge in [0.25, 0.3) is 0 Å². The molecule has 162 valence electrons. The number of aliphatic hydroxyl groups is 3. The molecule has 0 amide bonds. The Labute approximate surface area is 172 Å². The first-order valence-electron chi connectivity index (χ1n) is 9.18. The summed E-state index contributed by atoms with van der Waals surface area (Å²) in [6, 6.07) is 5.83. The zero-order chi connectivity index (χ0) is 22.8. The van der Waals surface area contributed by atoms with E-state index in [1.54, 1.807) is 0 Å². The highest BCUT2D eigenvalue weighted by molar-refractivity contribution is 6.23. The van der Waals surface area contributed by atoms with Crippen LogP contribution in [0.5, 0.6) is 5.75 Å². The highest BCUT2D eigenvalue weighted by Crippen LogP contribution is 2.37. The molecule has 0 bridgehead atoms. The van der Waals surface area contributed by atoms with Gasteiger partial charge in [-0.1, -0.05) is 18.2 Å². The molecule has 1 fully saturated rings. The summed E-state index contributed by atoms with van der Waals surface area (Å²) < 4.78 is 5.44. The number of hydrogen-bond donors (Lipinski definition) is 4. The van der Waals surface area contributed by atoms with Crippen LogP contribution in [0.4, 0.5) is 0 Å². The molecule has 1 aliphatic heterocycles. The Morgan fingerprint density at radius 1 is 0.867 bits per heavy atom. The Hall–Kier alpha value is -2.72. The summed E-state index contributed by atoms with van der Waals surface area (Å²) in [5, 5.41) is 40.1. The molecule has 0 aliphatic carbocycles. The van der Waals surface area contributed by atoms with Crippen molar-refractivity contribution in [2.45, 2.75) is 51.3 Å². The first-order valence-corrected chi connectivity index (χ1v) is 9.18. The van der Waals surface area contributed by atoms with E-state index in [-0.39, 0.29) is 5.75 Å². The van der Waals surface area contributed by atoms with Gasteiger partial charge in [0.05, 0.1) is 0 Å². The second-order valence-corrected chi connectivity index (χ2v) is 7.25. The summed E-state index contributed by atoms with van der Waals surface area (Å²) in [4.78, 5) is 49.5. The summed E-state index contributed by atoms with van der Waals surface area (Å²) >= 11 is 0. The number of carbonyl (C=O) groups is 4. The van der Waals surface area contributed by atoms with Gasteiger partial charge in [0.2, 0.25) is 0 Å². The average Bonchev–Trinajstić information content (AvgIpc) is 2.66. The molecule has 1 heterocycles. The summed E-state index contributed by atoms with van der Waals surface area (Å²) in [6.45, 7) is 2.91. The van der Waals surface area contributed by atoms with Crippen molar-refractivity contribution in [3.8, 4) is 5.75 Å². The number of ketones is 4. The van der Waals surface area contributed by atoms with Gasteiger partial charge in [-0.25, -0.2) is 0 Å². The van der Waals surface area contributed by atoms with Gasteiger partial charge in [0.1, 0.15) is 36.3 Å². The van der Waals surface area contributed by atoms with Crippen molar-refractivity contribution < 1.29 is 44.3 Å². The van der Waals surface area contributed by atoms with Crippen LogP contribution in [0, 0.1) is 5.41 Å². The zero-order valence-electron chi connectivity index (χ0n) is 16.7. The van der Waals surface area contributed by atoms with Crippen molar-refractivity contribution in [2.24, 2.45) is 5.41 Å². The largest absolute Gasteiger partial charge is 0.508 e. The van der Waals surface area contributed by atoms with E-state index < -0.39 is 59.1 Å². The van der Waals surface area contributed by atoms with E-state index in [9.17, 15) is 39.6 Å². The van der Waals surface area contributed by atoms with Gasteiger partial charge in [-0.15, -0.1) is 0 Å². The fourth-order valence-electron chi connectivity index (χ4n) is 3.68. The predicted octanol–water partition coefficient (Wildman–Crippen LogP) is -0.422. The minimum absolute atomic E-state index is 0.0264. The van der Waals surface area contributed by atoms with Crippen molar-refractivity contribution in [3.05, 3.63) is 35.9 Å². The topological polar surface area (TPSA) is 158 Å². The van der Waals surface area contributed by atoms with E-state index in [2.05, 4.69) is 0 Å². The van der Waals surface area contributed by atoms with Gasteiger partial charge in [0, 0.05) is 0 Å². The fourth-order valence-corrected chi connectivity index (χ4v) is 3.68. The third-order valence-electron chi connectivity index (χ3n) is 5.32. The van der Waals surface area contributed by atoms with E-state index in [4.69, 9.17) is 4.74 Å². The Kier molecular flexibility index (Phi) is 7.04. The minimum atomic E-state index is -2.43. The molecule has 2 rings (SSSR count). The molecular weight excluding hydrogens is 396 g/mol. The molecule has 0 saturated carbocycles. The molecule has 9 nitrogen and oxygen atoms in total. The highest BCUT2D eigenvalue weighted by atomic mass is 16.5. The van der Waals surface area contributed by atoms with Crippen LogP contribution in [0.3, 0.4) is 0 Å². The first-order chi connectivity index (χ1) is 13.9. The van der Waals surface area contributed by atoms with Crippen molar-refractivity contribution in [1.29, 1.82) is 0 Å². The second kappa shape index (κ2) is 8.97. The maximum Gasteiger partial charge on any atom is 0.187 e. The first kappa shape index (κ1) is 23.6. The number of ether oxygens (including phenoxy) is 1. The molecule has 0 radical (unpaired) electrons.